The van der Waals surface area contributed by atoms with Gasteiger partial charge in [-0.15, -0.1) is 0 Å². The molecular weight excluding hydrogens is 253 g/mol. The Kier molecular flexibility index (Phi) is 5.69. The Bertz CT molecular complexity index is 499. The number of halogens is 1. The number of ether oxygens (including phenoxy) is 1. The largest absolute Gasteiger partial charge is 0.478 e. The maximum absolute atomic E-state index is 13.6. The molecule has 0 fully saturated rings. The summed E-state index contributed by atoms with van der Waals surface area (Å²) >= 11 is 0. The molecule has 19 heavy (non-hydrogen) atoms. The number of carboxylic acids is 1. The van der Waals surface area contributed by atoms with Crippen molar-refractivity contribution < 1.29 is 23.8 Å². The van der Waals surface area contributed by atoms with Crippen molar-refractivity contribution in [3.05, 3.63) is 35.7 Å². The topological polar surface area (TPSA) is 75.6 Å². The Labute approximate surface area is 109 Å². The summed E-state index contributed by atoms with van der Waals surface area (Å²) in [5, 5.41) is 11.0. The number of hydrogen-bond acceptors (Lipinski definition) is 3. The predicted molar refractivity (Wildman–Crippen MR) is 68.2 cm³/mol. The van der Waals surface area contributed by atoms with E-state index in [0.717, 1.165) is 18.2 Å². The van der Waals surface area contributed by atoms with Crippen LogP contribution in [0.2, 0.25) is 0 Å². The lowest BCUT2D eigenvalue weighted by atomic mass is 10.1. The monoisotopic (exact) mass is 267 g/mol. The molecule has 0 unspecified atom stereocenters. The van der Waals surface area contributed by atoms with E-state index in [2.05, 4.69) is 5.32 Å². The van der Waals surface area contributed by atoms with Gasteiger partial charge in [-0.1, -0.05) is 0 Å². The van der Waals surface area contributed by atoms with Gasteiger partial charge in [0.1, 0.15) is 5.82 Å². The van der Waals surface area contributed by atoms with Gasteiger partial charge < -0.3 is 15.2 Å². The molecule has 1 aromatic carbocycles. The van der Waals surface area contributed by atoms with Gasteiger partial charge in [-0.25, -0.2) is 9.18 Å². The van der Waals surface area contributed by atoms with Gasteiger partial charge in [0.25, 0.3) is 0 Å². The zero-order valence-corrected chi connectivity index (χ0v) is 10.4. The van der Waals surface area contributed by atoms with Crippen molar-refractivity contribution in [2.24, 2.45) is 0 Å². The van der Waals surface area contributed by atoms with Gasteiger partial charge in [0.05, 0.1) is 13.0 Å². The minimum absolute atomic E-state index is 0.136. The second-order valence-electron chi connectivity index (χ2n) is 3.70. The standard InChI is InChI=1S/C13H14FNO4/c1-19-7-6-12(16)15-10-4-2-9(11(14)8-10)3-5-13(17)18/h2-5,8H,6-7H2,1H3,(H,15,16)(H,17,18). The molecule has 0 spiro atoms. The molecule has 0 aliphatic carbocycles. The number of aliphatic carboxylic acids is 1. The SMILES string of the molecule is COCCC(=O)Nc1ccc(C=CC(=O)O)c(F)c1. The fourth-order valence-electron chi connectivity index (χ4n) is 1.32. The van der Waals surface area contributed by atoms with Crippen LogP contribution >= 0.6 is 0 Å². The molecular formula is C13H14FNO4. The summed E-state index contributed by atoms with van der Waals surface area (Å²) in [4.78, 5) is 21.7. The molecule has 102 valence electrons. The first-order valence-corrected chi connectivity index (χ1v) is 5.52. The summed E-state index contributed by atoms with van der Waals surface area (Å²) in [5.41, 5.74) is 0.448. The third-order valence-electron chi connectivity index (χ3n) is 2.22. The first-order chi connectivity index (χ1) is 9.02. The van der Waals surface area contributed by atoms with Crippen LogP contribution in [0.3, 0.4) is 0 Å². The fraction of sp³-hybridized carbons (Fsp3) is 0.231. The number of hydrogen-bond donors (Lipinski definition) is 2. The average Bonchev–Trinajstić information content (AvgIpc) is 2.35. The van der Waals surface area contributed by atoms with Crippen molar-refractivity contribution in [1.82, 2.24) is 0 Å². The van der Waals surface area contributed by atoms with Gasteiger partial charge in [-0.3, -0.25) is 4.79 Å². The van der Waals surface area contributed by atoms with Gasteiger partial charge in [0.15, 0.2) is 0 Å². The van der Waals surface area contributed by atoms with E-state index < -0.39 is 11.8 Å². The second kappa shape index (κ2) is 7.27. The van der Waals surface area contributed by atoms with Gasteiger partial charge in [0.2, 0.25) is 5.91 Å². The Balaban J connectivity index is 2.71. The number of methoxy groups -OCH3 is 1. The van der Waals surface area contributed by atoms with Crippen molar-refractivity contribution in [3.63, 3.8) is 0 Å². The van der Waals surface area contributed by atoms with Crippen LogP contribution in [-0.4, -0.2) is 30.7 Å². The van der Waals surface area contributed by atoms with Gasteiger partial charge >= 0.3 is 5.97 Å². The van der Waals surface area contributed by atoms with E-state index in [-0.39, 0.29) is 24.5 Å². The predicted octanol–water partition coefficient (Wildman–Crippen LogP) is 1.90. The lowest BCUT2D eigenvalue weighted by Gasteiger charge is -2.06. The number of carbonyl (C=O) groups excluding carboxylic acids is 1. The normalized spacial score (nSPS) is 10.6. The van der Waals surface area contributed by atoms with Gasteiger partial charge in [0, 0.05) is 24.4 Å². The first kappa shape index (κ1) is 14.8. The number of benzene rings is 1. The van der Waals surface area contributed by atoms with Crippen LogP contribution in [0.1, 0.15) is 12.0 Å². The highest BCUT2D eigenvalue weighted by Gasteiger charge is 2.05. The maximum atomic E-state index is 13.6. The first-order valence-electron chi connectivity index (χ1n) is 5.52. The fourth-order valence-corrected chi connectivity index (χ4v) is 1.32. The minimum atomic E-state index is -1.16. The summed E-state index contributed by atoms with van der Waals surface area (Å²) in [6.45, 7) is 0.285. The molecule has 0 heterocycles. The Morgan fingerprint density at radius 3 is 2.79 bits per heavy atom. The molecule has 1 aromatic rings. The van der Waals surface area contributed by atoms with Crippen LogP contribution in [0.25, 0.3) is 6.08 Å². The van der Waals surface area contributed by atoms with E-state index in [1.807, 2.05) is 0 Å². The lowest BCUT2D eigenvalue weighted by molar-refractivity contribution is -0.131. The van der Waals surface area contributed by atoms with E-state index in [4.69, 9.17) is 9.84 Å². The Morgan fingerprint density at radius 2 is 2.21 bits per heavy atom. The van der Waals surface area contributed by atoms with Crippen molar-refractivity contribution in [3.8, 4) is 0 Å². The molecule has 1 rings (SSSR count). The number of nitrogens with one attached hydrogen (secondary N) is 1. The van der Waals surface area contributed by atoms with Gasteiger partial charge in [-0.05, 0) is 24.3 Å². The zero-order valence-electron chi connectivity index (χ0n) is 10.4. The molecule has 2 N–H and O–H groups in total. The highest BCUT2D eigenvalue weighted by Crippen LogP contribution is 2.16. The van der Waals surface area contributed by atoms with E-state index in [1.54, 1.807) is 0 Å². The van der Waals surface area contributed by atoms with E-state index in [1.165, 1.54) is 19.2 Å². The lowest BCUT2D eigenvalue weighted by Crippen LogP contribution is -2.13. The van der Waals surface area contributed by atoms with E-state index >= 15 is 0 Å². The number of carbonyl (C=O) groups is 2. The molecule has 0 aliphatic rings. The van der Waals surface area contributed by atoms with Crippen molar-refractivity contribution in [2.75, 3.05) is 19.0 Å². The molecule has 0 atom stereocenters. The molecule has 0 bridgehead atoms. The molecule has 0 aliphatic heterocycles. The Hall–Kier alpha value is -2.21. The summed E-state index contributed by atoms with van der Waals surface area (Å²) in [7, 11) is 1.48. The second-order valence-corrected chi connectivity index (χ2v) is 3.70. The van der Waals surface area contributed by atoms with E-state index in [9.17, 15) is 14.0 Å². The van der Waals surface area contributed by atoms with Crippen molar-refractivity contribution in [1.29, 1.82) is 0 Å². The number of rotatable bonds is 6. The molecule has 0 saturated carbocycles. The molecule has 0 radical (unpaired) electrons. The molecule has 5 nitrogen and oxygen atoms in total. The summed E-state index contributed by atoms with van der Waals surface area (Å²) in [6, 6.07) is 4.02. The van der Waals surface area contributed by atoms with Gasteiger partial charge in [-0.2, -0.15) is 0 Å². The third-order valence-corrected chi connectivity index (χ3v) is 2.22. The smallest absolute Gasteiger partial charge is 0.328 e. The summed E-state index contributed by atoms with van der Waals surface area (Å²) < 4.78 is 18.3. The van der Waals surface area contributed by atoms with Crippen LogP contribution in [0.5, 0.6) is 0 Å². The molecule has 0 aromatic heterocycles. The highest BCUT2D eigenvalue weighted by molar-refractivity contribution is 5.91. The molecule has 0 saturated heterocycles. The maximum Gasteiger partial charge on any atom is 0.328 e. The highest BCUT2D eigenvalue weighted by atomic mass is 19.1. The summed E-state index contributed by atoms with van der Waals surface area (Å²) in [5.74, 6) is -2.05. The number of carboxylic acid groups (broad SMARTS) is 1. The van der Waals surface area contributed by atoms with Crippen molar-refractivity contribution in [2.45, 2.75) is 6.42 Å². The van der Waals surface area contributed by atoms with Crippen LogP contribution in [0, 0.1) is 5.82 Å². The third kappa shape index (κ3) is 5.31. The zero-order chi connectivity index (χ0) is 14.3. The number of amides is 1. The average molecular weight is 267 g/mol. The van der Waals surface area contributed by atoms with Crippen molar-refractivity contribution >= 4 is 23.6 Å². The van der Waals surface area contributed by atoms with Crippen LogP contribution in [-0.2, 0) is 14.3 Å². The Morgan fingerprint density at radius 1 is 1.47 bits per heavy atom. The molecule has 6 heteroatoms. The summed E-state index contributed by atoms with van der Waals surface area (Å²) in [6.07, 6.45) is 2.17. The number of anilines is 1. The van der Waals surface area contributed by atoms with E-state index in [0.29, 0.717) is 5.69 Å². The minimum Gasteiger partial charge on any atom is -0.478 e. The quantitative estimate of drug-likeness (QED) is 0.772. The molecule has 1 amide bonds. The van der Waals surface area contributed by atoms with Crippen LogP contribution in [0.4, 0.5) is 10.1 Å². The van der Waals surface area contributed by atoms with Crippen LogP contribution in [0.15, 0.2) is 24.3 Å². The van der Waals surface area contributed by atoms with Crippen LogP contribution < -0.4 is 5.32 Å².